The molecule has 0 spiro atoms. The number of amides is 1. The molecule has 136 valence electrons. The van der Waals surface area contributed by atoms with Crippen LogP contribution < -0.4 is 5.32 Å². The van der Waals surface area contributed by atoms with E-state index >= 15 is 0 Å². The van der Waals surface area contributed by atoms with Crippen molar-refractivity contribution in [3.8, 4) is 0 Å². The van der Waals surface area contributed by atoms with E-state index in [-0.39, 0.29) is 16.8 Å². The highest BCUT2D eigenvalue weighted by Gasteiger charge is 2.31. The van der Waals surface area contributed by atoms with Crippen LogP contribution in [0.3, 0.4) is 0 Å². The minimum absolute atomic E-state index is 0.0307. The van der Waals surface area contributed by atoms with E-state index in [4.69, 9.17) is 0 Å². The average molecular weight is 380 g/mol. The van der Waals surface area contributed by atoms with Crippen molar-refractivity contribution < 1.29 is 18.0 Å². The van der Waals surface area contributed by atoms with Crippen LogP contribution in [0.5, 0.6) is 0 Å². The van der Waals surface area contributed by atoms with Crippen molar-refractivity contribution in [2.45, 2.75) is 24.8 Å². The summed E-state index contributed by atoms with van der Waals surface area (Å²) in [5.41, 5.74) is 1.58. The molecule has 3 aromatic rings. The lowest BCUT2D eigenvalue weighted by Crippen LogP contribution is -2.25. The molecule has 1 aromatic carbocycles. The minimum atomic E-state index is -4.45. The van der Waals surface area contributed by atoms with Crippen LogP contribution in [0.4, 0.5) is 13.2 Å². The smallest absolute Gasteiger partial charge is 0.351 e. The third-order valence-corrected chi connectivity index (χ3v) is 4.71. The van der Waals surface area contributed by atoms with Gasteiger partial charge in [-0.1, -0.05) is 36.0 Å². The summed E-state index contributed by atoms with van der Waals surface area (Å²) < 4.78 is 39.7. The van der Waals surface area contributed by atoms with Crippen molar-refractivity contribution in [3.05, 3.63) is 59.3 Å². The molecule has 26 heavy (non-hydrogen) atoms. The number of nitrogens with one attached hydrogen (secondary N) is 1. The van der Waals surface area contributed by atoms with Crippen LogP contribution in [0.1, 0.15) is 16.7 Å². The third-order valence-electron chi connectivity index (χ3n) is 3.77. The molecule has 5 nitrogen and oxygen atoms in total. The van der Waals surface area contributed by atoms with Gasteiger partial charge in [-0.2, -0.15) is 13.2 Å². The fraction of sp³-hybridized carbons (Fsp3) is 0.235. The molecular formula is C17H15F3N4OS. The van der Waals surface area contributed by atoms with Crippen LogP contribution in [0, 0.1) is 6.92 Å². The van der Waals surface area contributed by atoms with E-state index in [2.05, 4.69) is 15.5 Å². The highest BCUT2D eigenvalue weighted by atomic mass is 32.2. The van der Waals surface area contributed by atoms with Crippen molar-refractivity contribution in [2.75, 3.05) is 5.75 Å². The number of fused-ring (bicyclic) bond motifs is 1. The first-order chi connectivity index (χ1) is 12.3. The summed E-state index contributed by atoms with van der Waals surface area (Å²) in [6.07, 6.45) is -3.52. The first-order valence-corrected chi connectivity index (χ1v) is 8.69. The molecule has 0 bridgehead atoms. The Morgan fingerprint density at radius 1 is 1.19 bits per heavy atom. The Bertz CT molecular complexity index is 939. The van der Waals surface area contributed by atoms with Crippen LogP contribution in [-0.4, -0.2) is 26.3 Å². The molecule has 2 aromatic heterocycles. The van der Waals surface area contributed by atoms with Gasteiger partial charge in [-0.05, 0) is 30.2 Å². The van der Waals surface area contributed by atoms with E-state index in [1.165, 1.54) is 10.5 Å². The number of aryl methyl sites for hydroxylation is 1. The van der Waals surface area contributed by atoms with Crippen LogP contribution in [-0.2, 0) is 17.5 Å². The topological polar surface area (TPSA) is 59.3 Å². The lowest BCUT2D eigenvalue weighted by atomic mass is 10.1. The summed E-state index contributed by atoms with van der Waals surface area (Å²) in [7, 11) is 0. The van der Waals surface area contributed by atoms with Gasteiger partial charge >= 0.3 is 6.18 Å². The molecule has 1 amide bonds. The number of benzene rings is 1. The number of thioether (sulfide) groups is 1. The van der Waals surface area contributed by atoms with E-state index in [1.807, 2.05) is 31.2 Å². The van der Waals surface area contributed by atoms with E-state index < -0.39 is 11.7 Å². The monoisotopic (exact) mass is 380 g/mol. The number of aromatic nitrogens is 3. The molecule has 9 heteroatoms. The predicted molar refractivity (Wildman–Crippen MR) is 91.7 cm³/mol. The summed E-state index contributed by atoms with van der Waals surface area (Å²) >= 11 is 1.03. The minimum Gasteiger partial charge on any atom is -0.351 e. The summed E-state index contributed by atoms with van der Waals surface area (Å²) in [5, 5.41) is 10.7. The Morgan fingerprint density at radius 2 is 1.96 bits per heavy atom. The van der Waals surface area contributed by atoms with Gasteiger partial charge in [0.25, 0.3) is 0 Å². The summed E-state index contributed by atoms with van der Waals surface area (Å²) in [4.78, 5) is 12.0. The summed E-state index contributed by atoms with van der Waals surface area (Å²) in [6.45, 7) is 2.35. The predicted octanol–water partition coefficient (Wildman–Crippen LogP) is 3.47. The quantitative estimate of drug-likeness (QED) is 0.689. The normalized spacial score (nSPS) is 11.7. The Labute approximate surface area is 151 Å². The van der Waals surface area contributed by atoms with Crippen molar-refractivity contribution in [1.29, 1.82) is 0 Å². The molecule has 0 atom stereocenters. The number of nitrogens with zero attached hydrogens (tertiary/aromatic N) is 3. The number of rotatable bonds is 5. The van der Waals surface area contributed by atoms with E-state index in [0.29, 0.717) is 12.2 Å². The number of pyridine rings is 1. The summed E-state index contributed by atoms with van der Waals surface area (Å²) in [6, 6.07) is 9.89. The van der Waals surface area contributed by atoms with Gasteiger partial charge in [-0.15, -0.1) is 10.2 Å². The largest absolute Gasteiger partial charge is 0.417 e. The first kappa shape index (κ1) is 18.2. The van der Waals surface area contributed by atoms with Crippen molar-refractivity contribution in [2.24, 2.45) is 0 Å². The van der Waals surface area contributed by atoms with Crippen molar-refractivity contribution in [1.82, 2.24) is 19.9 Å². The number of halogens is 3. The van der Waals surface area contributed by atoms with Gasteiger partial charge in [0.05, 0.1) is 11.3 Å². The molecule has 3 rings (SSSR count). The molecule has 0 saturated carbocycles. The second-order valence-electron chi connectivity index (χ2n) is 5.62. The van der Waals surface area contributed by atoms with Crippen LogP contribution >= 0.6 is 11.8 Å². The van der Waals surface area contributed by atoms with Gasteiger partial charge in [0.1, 0.15) is 0 Å². The zero-order valence-electron chi connectivity index (χ0n) is 13.7. The Kier molecular flexibility index (Phi) is 5.17. The van der Waals surface area contributed by atoms with Crippen molar-refractivity contribution >= 4 is 23.3 Å². The van der Waals surface area contributed by atoms with Crippen LogP contribution in [0.25, 0.3) is 5.65 Å². The van der Waals surface area contributed by atoms with Gasteiger partial charge in [-0.3, -0.25) is 9.20 Å². The molecule has 0 aliphatic carbocycles. The molecule has 0 aliphatic rings. The maximum Gasteiger partial charge on any atom is 0.417 e. The average Bonchev–Trinajstić information content (AvgIpc) is 3.01. The molecule has 0 saturated heterocycles. The molecule has 0 unspecified atom stereocenters. The number of carbonyl (C=O) groups is 1. The molecular weight excluding hydrogens is 365 g/mol. The maximum atomic E-state index is 12.8. The second kappa shape index (κ2) is 7.36. The van der Waals surface area contributed by atoms with Crippen LogP contribution in [0.2, 0.25) is 0 Å². The Morgan fingerprint density at radius 3 is 2.69 bits per heavy atom. The molecule has 0 aliphatic heterocycles. The SMILES string of the molecule is Cc1ccccc1CNC(=O)CSc1nnc2ccc(C(F)(F)F)cn12. The Hall–Kier alpha value is -2.55. The lowest BCUT2D eigenvalue weighted by Gasteiger charge is -2.08. The molecule has 2 heterocycles. The van der Waals surface area contributed by atoms with Gasteiger partial charge < -0.3 is 5.32 Å². The van der Waals surface area contributed by atoms with E-state index in [9.17, 15) is 18.0 Å². The highest BCUT2D eigenvalue weighted by molar-refractivity contribution is 7.99. The highest BCUT2D eigenvalue weighted by Crippen LogP contribution is 2.30. The van der Waals surface area contributed by atoms with Crippen LogP contribution in [0.15, 0.2) is 47.8 Å². The third kappa shape index (κ3) is 4.16. The standard InChI is InChI=1S/C17H15F3N4OS/c1-11-4-2-3-5-12(11)8-21-15(25)10-26-16-23-22-14-7-6-13(9-24(14)16)17(18,19)20/h2-7,9H,8,10H2,1H3,(H,21,25). The van der Waals surface area contributed by atoms with Crippen molar-refractivity contribution in [3.63, 3.8) is 0 Å². The van der Waals surface area contributed by atoms with Gasteiger partial charge in [0, 0.05) is 12.7 Å². The number of hydrogen-bond donors (Lipinski definition) is 1. The fourth-order valence-electron chi connectivity index (χ4n) is 2.32. The fourth-order valence-corrected chi connectivity index (χ4v) is 3.07. The molecule has 0 radical (unpaired) electrons. The number of carbonyl (C=O) groups excluding carboxylic acids is 1. The zero-order chi connectivity index (χ0) is 18.7. The Balaban J connectivity index is 1.64. The zero-order valence-corrected chi connectivity index (χ0v) is 14.6. The second-order valence-corrected chi connectivity index (χ2v) is 6.56. The van der Waals surface area contributed by atoms with E-state index in [1.54, 1.807) is 0 Å². The number of hydrogen-bond acceptors (Lipinski definition) is 4. The lowest BCUT2D eigenvalue weighted by molar-refractivity contribution is -0.137. The first-order valence-electron chi connectivity index (χ1n) is 7.70. The maximum absolute atomic E-state index is 12.8. The van der Waals surface area contributed by atoms with Gasteiger partial charge in [0.15, 0.2) is 10.8 Å². The summed E-state index contributed by atoms with van der Waals surface area (Å²) in [5.74, 6) is -0.204. The van der Waals surface area contributed by atoms with E-state index in [0.717, 1.165) is 35.2 Å². The molecule has 0 fully saturated rings. The van der Waals surface area contributed by atoms with Gasteiger partial charge in [0.2, 0.25) is 5.91 Å². The number of alkyl halides is 3. The molecule has 1 N–H and O–H groups in total. The van der Waals surface area contributed by atoms with Gasteiger partial charge in [-0.25, -0.2) is 0 Å².